The van der Waals surface area contributed by atoms with Crippen molar-refractivity contribution in [3.63, 3.8) is 0 Å². The third-order valence-electron chi connectivity index (χ3n) is 4.68. The summed E-state index contributed by atoms with van der Waals surface area (Å²) in [5.41, 5.74) is 0.342. The quantitative estimate of drug-likeness (QED) is 0.468. The van der Waals surface area contributed by atoms with Crippen molar-refractivity contribution in [3.8, 4) is 0 Å². The molecule has 0 amide bonds. The Morgan fingerprint density at radius 2 is 1.53 bits per heavy atom. The molecule has 4 aromatic rings. The molecule has 2 aromatic carbocycles. The van der Waals surface area contributed by atoms with Gasteiger partial charge in [-0.2, -0.15) is 13.2 Å². The number of pyridine rings is 1. The van der Waals surface area contributed by atoms with Gasteiger partial charge in [-0.1, -0.05) is 24.3 Å². The summed E-state index contributed by atoms with van der Waals surface area (Å²) in [5.74, 6) is 0.171. The molecule has 0 saturated carbocycles. The van der Waals surface area contributed by atoms with Crippen LogP contribution < -0.4 is 0 Å². The van der Waals surface area contributed by atoms with E-state index in [4.69, 9.17) is 0 Å². The Hall–Kier alpha value is -3.20. The molecule has 0 unspecified atom stereocenters. The normalized spacial score (nSPS) is 12.4. The van der Waals surface area contributed by atoms with E-state index in [9.17, 15) is 21.6 Å². The third kappa shape index (κ3) is 3.68. The molecule has 0 saturated heterocycles. The van der Waals surface area contributed by atoms with Gasteiger partial charge in [0.15, 0.2) is 0 Å². The predicted molar refractivity (Wildman–Crippen MR) is 105 cm³/mol. The molecule has 0 fully saturated rings. The molecule has 2 aromatic heterocycles. The summed E-state index contributed by atoms with van der Waals surface area (Å²) < 4.78 is 68.3. The first-order valence-corrected chi connectivity index (χ1v) is 10.5. The van der Waals surface area contributed by atoms with Gasteiger partial charge < -0.3 is 0 Å². The fourth-order valence-electron chi connectivity index (χ4n) is 3.31. The Labute approximate surface area is 170 Å². The van der Waals surface area contributed by atoms with Crippen LogP contribution in [0.5, 0.6) is 0 Å². The van der Waals surface area contributed by atoms with Crippen LogP contribution in [-0.2, 0) is 29.0 Å². The van der Waals surface area contributed by atoms with Crippen LogP contribution in [0.25, 0.3) is 11.0 Å². The summed E-state index contributed by atoms with van der Waals surface area (Å²) in [7, 11) is -4.55. The Balaban J connectivity index is 1.88. The number of hydrogen-bond acceptors (Lipinski definition) is 4. The van der Waals surface area contributed by atoms with Crippen LogP contribution in [0.1, 0.15) is 17.0 Å². The van der Waals surface area contributed by atoms with Gasteiger partial charge in [0.2, 0.25) is 0 Å². The second-order valence-corrected chi connectivity index (χ2v) is 8.39. The monoisotopic (exact) mass is 431 g/mol. The lowest BCUT2D eigenvalue weighted by Crippen LogP contribution is -2.21. The largest absolute Gasteiger partial charge is 0.417 e. The molecule has 0 aliphatic heterocycles. The van der Waals surface area contributed by atoms with E-state index >= 15 is 0 Å². The predicted octanol–water partition coefficient (Wildman–Crippen LogP) is 4.47. The van der Waals surface area contributed by atoms with Crippen LogP contribution in [0.15, 0.2) is 78.0 Å². The second-order valence-electron chi connectivity index (χ2n) is 6.64. The third-order valence-corrected chi connectivity index (χ3v) is 6.48. The highest BCUT2D eigenvalue weighted by molar-refractivity contribution is 7.90. The molecular formula is C21H16F3N3O2S. The van der Waals surface area contributed by atoms with Crippen LogP contribution >= 0.6 is 0 Å². The van der Waals surface area contributed by atoms with Crippen molar-refractivity contribution in [3.05, 3.63) is 90.0 Å². The molecule has 0 radical (unpaired) electrons. The van der Waals surface area contributed by atoms with Crippen LogP contribution in [0, 0.1) is 0 Å². The molecule has 5 nitrogen and oxygen atoms in total. The zero-order chi connectivity index (χ0) is 21.4. The van der Waals surface area contributed by atoms with Crippen molar-refractivity contribution in [2.45, 2.75) is 23.9 Å². The summed E-state index contributed by atoms with van der Waals surface area (Å²) >= 11 is 0. The minimum Gasteiger partial charge on any atom is -0.265 e. The Kier molecular flexibility index (Phi) is 5.07. The molecule has 0 atom stereocenters. The number of alkyl halides is 3. The van der Waals surface area contributed by atoms with Crippen molar-refractivity contribution >= 4 is 21.1 Å². The minimum atomic E-state index is -4.81. The summed E-state index contributed by atoms with van der Waals surface area (Å²) in [6.45, 7) is 0. The van der Waals surface area contributed by atoms with Gasteiger partial charge in [0.1, 0.15) is 10.7 Å². The highest BCUT2D eigenvalue weighted by atomic mass is 32.2. The molecule has 0 aliphatic rings. The van der Waals surface area contributed by atoms with E-state index in [0.29, 0.717) is 11.9 Å². The number of aryl methyl sites for hydroxylation is 2. The molecule has 0 aliphatic carbocycles. The lowest BCUT2D eigenvalue weighted by atomic mass is 10.1. The molecule has 9 heteroatoms. The fraction of sp³-hybridized carbons (Fsp3) is 0.143. The van der Waals surface area contributed by atoms with Crippen molar-refractivity contribution in [1.29, 1.82) is 0 Å². The number of aromatic nitrogens is 3. The van der Waals surface area contributed by atoms with Crippen LogP contribution in [0.4, 0.5) is 13.2 Å². The Morgan fingerprint density at radius 1 is 0.867 bits per heavy atom. The zero-order valence-electron chi connectivity index (χ0n) is 15.5. The molecule has 0 bridgehead atoms. The first kappa shape index (κ1) is 20.1. The average molecular weight is 431 g/mol. The summed E-state index contributed by atoms with van der Waals surface area (Å²) in [4.78, 5) is 7.54. The molecule has 0 spiro atoms. The highest BCUT2D eigenvalue weighted by Crippen LogP contribution is 2.36. The van der Waals surface area contributed by atoms with Crippen molar-refractivity contribution < 1.29 is 21.6 Å². The smallest absolute Gasteiger partial charge is 0.265 e. The number of benzene rings is 2. The highest BCUT2D eigenvalue weighted by Gasteiger charge is 2.38. The minimum absolute atomic E-state index is 0.171. The first-order valence-electron chi connectivity index (χ1n) is 9.05. The van der Waals surface area contributed by atoms with Gasteiger partial charge in [-0.3, -0.25) is 4.98 Å². The van der Waals surface area contributed by atoms with E-state index in [-0.39, 0.29) is 17.8 Å². The van der Waals surface area contributed by atoms with Gasteiger partial charge in [0.05, 0.1) is 16.6 Å². The summed E-state index contributed by atoms with van der Waals surface area (Å²) in [6, 6.07) is 14.2. The van der Waals surface area contributed by atoms with Crippen LogP contribution in [0.2, 0.25) is 0 Å². The van der Waals surface area contributed by atoms with Crippen molar-refractivity contribution in [2.75, 3.05) is 0 Å². The van der Waals surface area contributed by atoms with Crippen molar-refractivity contribution in [2.24, 2.45) is 0 Å². The Bertz CT molecular complexity index is 1300. The second kappa shape index (κ2) is 7.56. The van der Waals surface area contributed by atoms with Crippen LogP contribution in [0.3, 0.4) is 0 Å². The van der Waals surface area contributed by atoms with Crippen LogP contribution in [-0.4, -0.2) is 22.4 Å². The van der Waals surface area contributed by atoms with E-state index in [1.54, 1.807) is 42.7 Å². The van der Waals surface area contributed by atoms with E-state index in [0.717, 1.165) is 27.7 Å². The molecule has 4 rings (SSSR count). The molecule has 2 heterocycles. The number of fused-ring (bicyclic) bond motifs is 1. The van der Waals surface area contributed by atoms with Gasteiger partial charge in [-0.15, -0.1) is 0 Å². The van der Waals surface area contributed by atoms with Gasteiger partial charge in [0, 0.05) is 18.8 Å². The first-order chi connectivity index (χ1) is 14.3. The van der Waals surface area contributed by atoms with Gasteiger partial charge in [-0.25, -0.2) is 17.4 Å². The van der Waals surface area contributed by atoms with Crippen molar-refractivity contribution in [1.82, 2.24) is 13.9 Å². The number of para-hydroxylation sites is 2. The molecule has 154 valence electrons. The van der Waals surface area contributed by atoms with Gasteiger partial charge in [-0.05, 0) is 48.4 Å². The Morgan fingerprint density at radius 3 is 2.27 bits per heavy atom. The summed E-state index contributed by atoms with van der Waals surface area (Å²) in [6.07, 6.45) is -0.880. The topological polar surface area (TPSA) is 64.8 Å². The number of imidazole rings is 1. The fourth-order valence-corrected chi connectivity index (χ4v) is 5.04. The average Bonchev–Trinajstić information content (AvgIpc) is 3.11. The van der Waals surface area contributed by atoms with E-state index < -0.39 is 26.7 Å². The number of rotatable bonds is 5. The number of hydrogen-bond donors (Lipinski definition) is 0. The molecule has 30 heavy (non-hydrogen) atoms. The molecule has 0 N–H and O–H groups in total. The lowest BCUT2D eigenvalue weighted by Gasteiger charge is -2.15. The standard InChI is InChI=1S/C21H16F3N3O2S/c22-21(23,24)16-5-1-4-8-19(16)30(28,29)27-18-7-3-2-6-17(18)26-20(27)10-9-15-11-13-25-14-12-15/h1-8,11-14H,9-10H2. The number of halogens is 3. The lowest BCUT2D eigenvalue weighted by molar-refractivity contribution is -0.139. The maximum absolute atomic E-state index is 13.5. The van der Waals surface area contributed by atoms with Gasteiger partial charge in [0.25, 0.3) is 10.0 Å². The molecular weight excluding hydrogens is 415 g/mol. The van der Waals surface area contributed by atoms with Gasteiger partial charge >= 0.3 is 6.18 Å². The maximum Gasteiger partial charge on any atom is 0.417 e. The maximum atomic E-state index is 13.5. The van der Waals surface area contributed by atoms with E-state index in [1.807, 2.05) is 0 Å². The van der Waals surface area contributed by atoms with E-state index in [1.165, 1.54) is 12.1 Å². The zero-order valence-corrected chi connectivity index (χ0v) is 16.4. The summed E-state index contributed by atoms with van der Waals surface area (Å²) in [5, 5.41) is 0. The van der Waals surface area contributed by atoms with E-state index in [2.05, 4.69) is 9.97 Å². The number of nitrogens with zero attached hydrogens (tertiary/aromatic N) is 3. The SMILES string of the molecule is O=S(=O)(c1ccccc1C(F)(F)F)n1c(CCc2ccncc2)nc2ccccc21.